The van der Waals surface area contributed by atoms with Crippen molar-refractivity contribution in [1.29, 1.82) is 0 Å². The Hall–Kier alpha value is -1.07. The van der Waals surface area contributed by atoms with Crippen LogP contribution in [0.1, 0.15) is 26.3 Å². The van der Waals surface area contributed by atoms with Gasteiger partial charge in [0.2, 0.25) is 0 Å². The molecule has 0 heterocycles. The van der Waals surface area contributed by atoms with Gasteiger partial charge in [-0.1, -0.05) is 19.9 Å². The van der Waals surface area contributed by atoms with Gasteiger partial charge in [0, 0.05) is 12.6 Å². The van der Waals surface area contributed by atoms with Gasteiger partial charge in [-0.15, -0.1) is 0 Å². The van der Waals surface area contributed by atoms with Crippen molar-refractivity contribution in [2.45, 2.75) is 33.2 Å². The van der Waals surface area contributed by atoms with Gasteiger partial charge in [0.05, 0.1) is 4.47 Å². The molecule has 112 valence electrons. The van der Waals surface area contributed by atoms with E-state index in [-0.39, 0.29) is 18.6 Å². The summed E-state index contributed by atoms with van der Waals surface area (Å²) in [4.78, 5) is 11.6. The minimum absolute atomic E-state index is 0.0258. The van der Waals surface area contributed by atoms with Crippen molar-refractivity contribution >= 4 is 21.8 Å². The summed E-state index contributed by atoms with van der Waals surface area (Å²) >= 11 is 3.45. The molecule has 1 unspecified atom stereocenters. The number of carbonyl (C=O) groups excluding carboxylic acids is 1. The van der Waals surface area contributed by atoms with Crippen molar-refractivity contribution in [3.8, 4) is 5.75 Å². The van der Waals surface area contributed by atoms with Crippen molar-refractivity contribution in [3.05, 3.63) is 28.2 Å². The lowest BCUT2D eigenvalue weighted by molar-refractivity contribution is -0.123. The van der Waals surface area contributed by atoms with E-state index in [1.165, 1.54) is 0 Å². The second kappa shape index (κ2) is 8.27. The van der Waals surface area contributed by atoms with Crippen LogP contribution >= 0.6 is 15.9 Å². The second-order valence-electron chi connectivity index (χ2n) is 5.43. The molecular weight excluding hydrogens is 320 g/mol. The van der Waals surface area contributed by atoms with Crippen LogP contribution in [-0.2, 0) is 11.2 Å². The summed E-state index contributed by atoms with van der Waals surface area (Å²) < 4.78 is 6.34. The Bertz CT molecular complexity index is 447. The summed E-state index contributed by atoms with van der Waals surface area (Å²) in [6.07, 6.45) is 0.813. The van der Waals surface area contributed by atoms with Crippen LogP contribution in [0, 0.1) is 5.92 Å². The Kier molecular flexibility index (Phi) is 7.02. The number of ether oxygens (including phenoxy) is 1. The molecule has 0 fully saturated rings. The Morgan fingerprint density at radius 1 is 1.40 bits per heavy atom. The minimum atomic E-state index is -0.106. The Morgan fingerprint density at radius 3 is 2.65 bits per heavy atom. The number of benzene rings is 1. The van der Waals surface area contributed by atoms with Gasteiger partial charge in [0.25, 0.3) is 5.91 Å². The SMILES string of the molecule is CC(C)CNC(=O)COc1ccc(CC(C)N)cc1Br. The third-order valence-corrected chi connectivity index (χ3v) is 3.24. The lowest BCUT2D eigenvalue weighted by Crippen LogP contribution is -2.31. The predicted molar refractivity (Wildman–Crippen MR) is 84.8 cm³/mol. The number of nitrogens with one attached hydrogen (secondary N) is 1. The van der Waals surface area contributed by atoms with Crippen molar-refractivity contribution in [3.63, 3.8) is 0 Å². The van der Waals surface area contributed by atoms with Crippen LogP contribution in [0.25, 0.3) is 0 Å². The quantitative estimate of drug-likeness (QED) is 0.800. The number of nitrogens with two attached hydrogens (primary N) is 1. The Balaban J connectivity index is 2.50. The van der Waals surface area contributed by atoms with E-state index in [1.807, 2.05) is 25.1 Å². The van der Waals surface area contributed by atoms with Gasteiger partial charge in [0.1, 0.15) is 5.75 Å². The van der Waals surface area contributed by atoms with Crippen LogP contribution in [0.3, 0.4) is 0 Å². The summed E-state index contributed by atoms with van der Waals surface area (Å²) in [6.45, 7) is 6.76. The summed E-state index contributed by atoms with van der Waals surface area (Å²) in [5.41, 5.74) is 6.91. The molecule has 0 aromatic heterocycles. The van der Waals surface area contributed by atoms with Crippen molar-refractivity contribution < 1.29 is 9.53 Å². The van der Waals surface area contributed by atoms with Crippen molar-refractivity contribution in [1.82, 2.24) is 5.32 Å². The lowest BCUT2D eigenvalue weighted by Gasteiger charge is -2.12. The topological polar surface area (TPSA) is 64.3 Å². The van der Waals surface area contributed by atoms with Crippen LogP contribution in [-0.4, -0.2) is 25.1 Å². The number of carbonyl (C=O) groups is 1. The fourth-order valence-electron chi connectivity index (χ4n) is 1.67. The summed E-state index contributed by atoms with van der Waals surface area (Å²) in [6, 6.07) is 5.92. The summed E-state index contributed by atoms with van der Waals surface area (Å²) in [7, 11) is 0. The molecule has 5 heteroatoms. The summed E-state index contributed by atoms with van der Waals surface area (Å²) in [5.74, 6) is 0.992. The van der Waals surface area contributed by atoms with Crippen molar-refractivity contribution in [2.24, 2.45) is 11.7 Å². The molecule has 20 heavy (non-hydrogen) atoms. The zero-order valence-electron chi connectivity index (χ0n) is 12.3. The molecule has 0 aliphatic heterocycles. The third-order valence-electron chi connectivity index (χ3n) is 2.62. The van der Waals surface area contributed by atoms with E-state index in [0.717, 1.165) is 16.5 Å². The highest BCUT2D eigenvalue weighted by atomic mass is 79.9. The number of hydrogen-bond donors (Lipinski definition) is 2. The third kappa shape index (κ3) is 6.39. The number of rotatable bonds is 7. The molecule has 0 aliphatic rings. The molecule has 1 amide bonds. The molecule has 0 bridgehead atoms. The van der Waals surface area contributed by atoms with E-state index >= 15 is 0 Å². The average molecular weight is 343 g/mol. The number of amides is 1. The molecule has 3 N–H and O–H groups in total. The van der Waals surface area contributed by atoms with Gasteiger partial charge < -0.3 is 15.8 Å². The van der Waals surface area contributed by atoms with Gasteiger partial charge in [-0.3, -0.25) is 4.79 Å². The van der Waals surface area contributed by atoms with E-state index in [0.29, 0.717) is 18.2 Å². The van der Waals surface area contributed by atoms with Gasteiger partial charge in [0.15, 0.2) is 6.61 Å². The van der Waals surface area contributed by atoms with E-state index < -0.39 is 0 Å². The largest absolute Gasteiger partial charge is 0.483 e. The van der Waals surface area contributed by atoms with Gasteiger partial charge in [-0.2, -0.15) is 0 Å². The van der Waals surface area contributed by atoms with E-state index in [4.69, 9.17) is 10.5 Å². The highest BCUT2D eigenvalue weighted by Gasteiger charge is 2.07. The molecular formula is C15H23BrN2O2. The zero-order valence-corrected chi connectivity index (χ0v) is 13.9. The smallest absolute Gasteiger partial charge is 0.257 e. The number of hydrogen-bond acceptors (Lipinski definition) is 3. The Labute approximate surface area is 129 Å². The van der Waals surface area contributed by atoms with Gasteiger partial charge in [-0.25, -0.2) is 0 Å². The maximum atomic E-state index is 11.6. The molecule has 0 spiro atoms. The standard InChI is InChI=1S/C15H23BrN2O2/c1-10(2)8-18-15(19)9-20-14-5-4-12(6-11(3)17)7-13(14)16/h4-5,7,10-11H,6,8-9,17H2,1-3H3,(H,18,19). The molecule has 4 nitrogen and oxygen atoms in total. The van der Waals surface area contributed by atoms with E-state index in [9.17, 15) is 4.79 Å². The van der Waals surface area contributed by atoms with E-state index in [2.05, 4.69) is 35.1 Å². The van der Waals surface area contributed by atoms with Crippen LogP contribution in [0.15, 0.2) is 22.7 Å². The first-order valence-electron chi connectivity index (χ1n) is 6.82. The first-order chi connectivity index (χ1) is 9.38. The molecule has 0 radical (unpaired) electrons. The highest BCUT2D eigenvalue weighted by molar-refractivity contribution is 9.10. The highest BCUT2D eigenvalue weighted by Crippen LogP contribution is 2.26. The molecule has 0 saturated carbocycles. The van der Waals surface area contributed by atoms with Crippen LogP contribution in [0.4, 0.5) is 0 Å². The Morgan fingerprint density at radius 2 is 2.10 bits per heavy atom. The van der Waals surface area contributed by atoms with Crippen LogP contribution < -0.4 is 15.8 Å². The van der Waals surface area contributed by atoms with Crippen LogP contribution in [0.2, 0.25) is 0 Å². The molecule has 0 aliphatic carbocycles. The second-order valence-corrected chi connectivity index (χ2v) is 6.29. The average Bonchev–Trinajstić information content (AvgIpc) is 2.34. The fourth-order valence-corrected chi connectivity index (χ4v) is 2.21. The maximum Gasteiger partial charge on any atom is 0.257 e. The zero-order chi connectivity index (χ0) is 15.1. The first kappa shape index (κ1) is 17.0. The molecule has 1 aromatic carbocycles. The molecule has 1 rings (SSSR count). The lowest BCUT2D eigenvalue weighted by atomic mass is 10.1. The molecule has 1 atom stereocenters. The van der Waals surface area contributed by atoms with Crippen LogP contribution in [0.5, 0.6) is 5.75 Å². The van der Waals surface area contributed by atoms with Crippen molar-refractivity contribution in [2.75, 3.05) is 13.2 Å². The fraction of sp³-hybridized carbons (Fsp3) is 0.533. The predicted octanol–water partition coefficient (Wildman–Crippen LogP) is 2.49. The monoisotopic (exact) mass is 342 g/mol. The molecule has 0 saturated heterocycles. The summed E-state index contributed by atoms with van der Waals surface area (Å²) in [5, 5.41) is 2.81. The van der Waals surface area contributed by atoms with E-state index in [1.54, 1.807) is 0 Å². The normalized spacial score (nSPS) is 12.3. The van der Waals surface area contributed by atoms with Gasteiger partial charge >= 0.3 is 0 Å². The first-order valence-corrected chi connectivity index (χ1v) is 7.61. The minimum Gasteiger partial charge on any atom is -0.483 e. The maximum absolute atomic E-state index is 11.6. The molecule has 1 aromatic rings. The number of halogens is 1. The van der Waals surface area contributed by atoms with Gasteiger partial charge in [-0.05, 0) is 52.9 Å².